The second-order valence-electron chi connectivity index (χ2n) is 5.37. The Morgan fingerprint density at radius 1 is 0.958 bits per heavy atom. The molecule has 2 heterocycles. The quantitative estimate of drug-likeness (QED) is 0.421. The molecule has 0 radical (unpaired) electrons. The molecule has 24 heavy (non-hydrogen) atoms. The molecule has 1 N–H and O–H groups in total. The summed E-state index contributed by atoms with van der Waals surface area (Å²) in [6.45, 7) is 0. The van der Waals surface area contributed by atoms with Crippen molar-refractivity contribution in [2.45, 2.75) is 0 Å². The van der Waals surface area contributed by atoms with Gasteiger partial charge in [0.1, 0.15) is 17.2 Å². The minimum atomic E-state index is -0.212. The highest BCUT2D eigenvalue weighted by Crippen LogP contribution is 2.28. The van der Waals surface area contributed by atoms with Crippen LogP contribution in [0.3, 0.4) is 0 Å². The number of aliphatic hydroxyl groups is 1. The highest BCUT2D eigenvalue weighted by atomic mass is 16.4. The normalized spacial score (nSPS) is 12.1. The first kappa shape index (κ1) is 14.0. The van der Waals surface area contributed by atoms with Crippen molar-refractivity contribution in [3.8, 4) is 6.07 Å². The van der Waals surface area contributed by atoms with E-state index < -0.39 is 0 Å². The van der Waals surface area contributed by atoms with Crippen molar-refractivity contribution in [3.05, 3.63) is 78.2 Å². The van der Waals surface area contributed by atoms with E-state index in [0.717, 1.165) is 16.3 Å². The summed E-state index contributed by atoms with van der Waals surface area (Å²) in [6.07, 6.45) is 0. The first-order chi connectivity index (χ1) is 11.8. The van der Waals surface area contributed by atoms with E-state index in [1.165, 1.54) is 0 Å². The van der Waals surface area contributed by atoms with E-state index >= 15 is 0 Å². The third-order valence-corrected chi connectivity index (χ3v) is 3.86. The average Bonchev–Trinajstić information content (AvgIpc) is 3.06. The summed E-state index contributed by atoms with van der Waals surface area (Å²) in [5, 5.41) is 21.9. The molecule has 0 aliphatic heterocycles. The van der Waals surface area contributed by atoms with Crippen LogP contribution in [0.4, 0.5) is 0 Å². The fourth-order valence-corrected chi connectivity index (χ4v) is 2.66. The Hall–Kier alpha value is -3.58. The highest BCUT2D eigenvalue weighted by Gasteiger charge is 2.16. The fraction of sp³-hybridized carbons (Fsp3) is 0. The van der Waals surface area contributed by atoms with Gasteiger partial charge in [0.2, 0.25) is 0 Å². The SMILES string of the molecule is N#C/C(=C(/O)c1cc2ccccc2o1)c1ccc2ccccc2n1. The maximum atomic E-state index is 10.5. The minimum absolute atomic E-state index is 0.0832. The molecule has 2 aromatic carbocycles. The lowest BCUT2D eigenvalue weighted by Crippen LogP contribution is -1.93. The predicted molar refractivity (Wildman–Crippen MR) is 93.0 cm³/mol. The maximum Gasteiger partial charge on any atom is 0.178 e. The molecule has 4 aromatic rings. The van der Waals surface area contributed by atoms with Gasteiger partial charge >= 0.3 is 0 Å². The van der Waals surface area contributed by atoms with Crippen LogP contribution in [-0.4, -0.2) is 10.1 Å². The molecule has 4 rings (SSSR count). The molecule has 0 aliphatic carbocycles. The number of allylic oxidation sites excluding steroid dienone is 1. The summed E-state index contributed by atoms with van der Waals surface area (Å²) >= 11 is 0. The molecule has 0 unspecified atom stereocenters. The number of aliphatic hydroxyl groups excluding tert-OH is 1. The monoisotopic (exact) mass is 312 g/mol. The van der Waals surface area contributed by atoms with E-state index in [2.05, 4.69) is 4.98 Å². The number of hydrogen-bond donors (Lipinski definition) is 1. The number of nitrogens with zero attached hydrogens (tertiary/aromatic N) is 2. The van der Waals surface area contributed by atoms with E-state index in [9.17, 15) is 10.4 Å². The van der Waals surface area contributed by atoms with Crippen LogP contribution >= 0.6 is 0 Å². The van der Waals surface area contributed by atoms with Crippen LogP contribution in [0, 0.1) is 11.3 Å². The van der Waals surface area contributed by atoms with Gasteiger partial charge in [-0.2, -0.15) is 5.26 Å². The van der Waals surface area contributed by atoms with Gasteiger partial charge in [-0.25, -0.2) is 4.98 Å². The van der Waals surface area contributed by atoms with Crippen LogP contribution in [0.5, 0.6) is 0 Å². The molecule has 0 spiro atoms. The molecule has 0 amide bonds. The Kier molecular flexibility index (Phi) is 3.25. The Labute approximate surface area is 137 Å². The van der Waals surface area contributed by atoms with Gasteiger partial charge in [0.05, 0.1) is 11.2 Å². The van der Waals surface area contributed by atoms with Crippen LogP contribution in [0.25, 0.3) is 33.2 Å². The first-order valence-corrected chi connectivity index (χ1v) is 7.45. The Balaban J connectivity index is 1.88. The number of pyridine rings is 1. The number of fused-ring (bicyclic) bond motifs is 2. The average molecular weight is 312 g/mol. The van der Waals surface area contributed by atoms with Gasteiger partial charge in [0.15, 0.2) is 11.5 Å². The lowest BCUT2D eigenvalue weighted by Gasteiger charge is -2.03. The van der Waals surface area contributed by atoms with Gasteiger partial charge in [-0.1, -0.05) is 42.5 Å². The van der Waals surface area contributed by atoms with Gasteiger partial charge in [0, 0.05) is 10.8 Å². The van der Waals surface area contributed by atoms with E-state index in [1.54, 1.807) is 12.1 Å². The second kappa shape index (κ2) is 5.56. The molecule has 0 atom stereocenters. The Bertz CT molecular complexity index is 1100. The third-order valence-electron chi connectivity index (χ3n) is 3.86. The molecule has 4 nitrogen and oxygen atoms in total. The smallest absolute Gasteiger partial charge is 0.178 e. The van der Waals surface area contributed by atoms with Crippen molar-refractivity contribution in [3.63, 3.8) is 0 Å². The molecule has 0 bridgehead atoms. The van der Waals surface area contributed by atoms with Gasteiger partial charge in [-0.05, 0) is 24.3 Å². The number of aromatic nitrogens is 1. The number of nitriles is 1. The van der Waals surface area contributed by atoms with Crippen molar-refractivity contribution in [1.29, 1.82) is 5.26 Å². The van der Waals surface area contributed by atoms with Crippen LogP contribution in [0.15, 0.2) is 71.1 Å². The van der Waals surface area contributed by atoms with Gasteiger partial charge < -0.3 is 9.52 Å². The summed E-state index contributed by atoms with van der Waals surface area (Å²) in [6, 6.07) is 22.4. The number of furan rings is 1. The molecule has 4 heteroatoms. The largest absolute Gasteiger partial charge is 0.503 e. The van der Waals surface area contributed by atoms with Crippen LogP contribution in [0.2, 0.25) is 0 Å². The van der Waals surface area contributed by atoms with Crippen LogP contribution in [0.1, 0.15) is 11.5 Å². The summed E-state index contributed by atoms with van der Waals surface area (Å²) in [5.41, 5.74) is 1.91. The van der Waals surface area contributed by atoms with Gasteiger partial charge in [0.25, 0.3) is 0 Å². The van der Waals surface area contributed by atoms with Crippen molar-refractivity contribution in [2.75, 3.05) is 0 Å². The van der Waals surface area contributed by atoms with Crippen LogP contribution < -0.4 is 0 Å². The van der Waals surface area contributed by atoms with Crippen molar-refractivity contribution in [1.82, 2.24) is 4.98 Å². The highest BCUT2D eigenvalue weighted by molar-refractivity contribution is 5.95. The number of hydrogen-bond acceptors (Lipinski definition) is 4. The summed E-state index contributed by atoms with van der Waals surface area (Å²) in [4.78, 5) is 4.46. The molecule has 0 aliphatic rings. The van der Waals surface area contributed by atoms with Crippen LogP contribution in [-0.2, 0) is 0 Å². The van der Waals surface area contributed by atoms with Gasteiger partial charge in [-0.3, -0.25) is 0 Å². The Morgan fingerprint density at radius 2 is 1.71 bits per heavy atom. The topological polar surface area (TPSA) is 70.0 Å². The zero-order valence-electron chi connectivity index (χ0n) is 12.6. The number of rotatable bonds is 2. The lowest BCUT2D eigenvalue weighted by atomic mass is 10.1. The van der Waals surface area contributed by atoms with Gasteiger partial charge in [-0.15, -0.1) is 0 Å². The lowest BCUT2D eigenvalue weighted by molar-refractivity contribution is 0.473. The molecule has 114 valence electrons. The molecule has 0 saturated carbocycles. The van der Waals surface area contributed by atoms with Crippen molar-refractivity contribution in [2.24, 2.45) is 0 Å². The number of para-hydroxylation sites is 2. The first-order valence-electron chi connectivity index (χ1n) is 7.45. The standard InChI is InChI=1S/C20H12N2O2/c21-12-15(17-10-9-13-5-1-3-7-16(13)22-17)20(23)19-11-14-6-2-4-8-18(14)24-19/h1-11,23H/b20-15-. The second-order valence-corrected chi connectivity index (χ2v) is 5.37. The molecular formula is C20H12N2O2. The molecular weight excluding hydrogens is 300 g/mol. The van der Waals surface area contributed by atoms with Crippen molar-refractivity contribution < 1.29 is 9.52 Å². The zero-order chi connectivity index (χ0) is 16.5. The van der Waals surface area contributed by atoms with E-state index in [4.69, 9.17) is 4.42 Å². The summed E-state index contributed by atoms with van der Waals surface area (Å²) < 4.78 is 5.63. The molecule has 0 saturated heterocycles. The summed E-state index contributed by atoms with van der Waals surface area (Å²) in [7, 11) is 0. The fourth-order valence-electron chi connectivity index (χ4n) is 2.66. The van der Waals surface area contributed by atoms with Crippen molar-refractivity contribution >= 4 is 33.2 Å². The number of benzene rings is 2. The third kappa shape index (κ3) is 2.29. The van der Waals surface area contributed by atoms with E-state index in [-0.39, 0.29) is 17.1 Å². The zero-order valence-corrected chi connectivity index (χ0v) is 12.6. The molecule has 2 aromatic heterocycles. The Morgan fingerprint density at radius 3 is 2.50 bits per heavy atom. The maximum absolute atomic E-state index is 10.5. The predicted octanol–water partition coefficient (Wildman–Crippen LogP) is 4.93. The minimum Gasteiger partial charge on any atom is -0.503 e. The van der Waals surface area contributed by atoms with E-state index in [0.29, 0.717) is 11.3 Å². The van der Waals surface area contributed by atoms with E-state index in [1.807, 2.05) is 60.7 Å². The summed E-state index contributed by atoms with van der Waals surface area (Å²) in [5.74, 6) is 0.0409. The molecule has 0 fully saturated rings.